The molecule has 0 aliphatic carbocycles. The maximum Gasteiger partial charge on any atom is 0.264 e. The third-order valence-electron chi connectivity index (χ3n) is 5.35. The van der Waals surface area contributed by atoms with Crippen molar-refractivity contribution in [3.8, 4) is 5.75 Å². The topological polar surface area (TPSA) is 73.9 Å². The van der Waals surface area contributed by atoms with Crippen LogP contribution in [0.15, 0.2) is 42.5 Å². The predicted molar refractivity (Wildman–Crippen MR) is 136 cm³/mol. The highest BCUT2D eigenvalue weighted by atomic mass is 35.5. The van der Waals surface area contributed by atoms with Gasteiger partial charge < -0.3 is 19.9 Å². The number of benzene rings is 2. The quantitative estimate of drug-likeness (QED) is 0.574. The van der Waals surface area contributed by atoms with Crippen LogP contribution in [0.4, 0.5) is 11.4 Å². The van der Waals surface area contributed by atoms with Gasteiger partial charge in [0.2, 0.25) is 5.91 Å². The highest BCUT2D eigenvalue weighted by Crippen LogP contribution is 2.29. The van der Waals surface area contributed by atoms with Crippen molar-refractivity contribution in [3.63, 3.8) is 0 Å². The lowest BCUT2D eigenvalue weighted by molar-refractivity contribution is -0.131. The summed E-state index contributed by atoms with van der Waals surface area (Å²) in [4.78, 5) is 28.3. The summed E-state index contributed by atoms with van der Waals surface area (Å²) in [7, 11) is 0. The molecule has 2 aromatic carbocycles. The fraction of sp³-hybridized carbons (Fsp3) is 0.375. The van der Waals surface area contributed by atoms with Crippen LogP contribution in [0.5, 0.6) is 5.75 Å². The first-order valence-corrected chi connectivity index (χ1v) is 11.8. The van der Waals surface area contributed by atoms with E-state index in [1.54, 1.807) is 6.07 Å². The molecule has 1 heterocycles. The lowest BCUT2D eigenvalue weighted by Crippen LogP contribution is -2.48. The second-order valence-corrected chi connectivity index (χ2v) is 8.66. The molecule has 0 radical (unpaired) electrons. The fourth-order valence-corrected chi connectivity index (χ4v) is 4.13. The van der Waals surface area contributed by atoms with E-state index in [4.69, 9.17) is 28.6 Å². The molecule has 9 heteroatoms. The van der Waals surface area contributed by atoms with Crippen molar-refractivity contribution in [1.29, 1.82) is 0 Å². The Bertz CT molecular complexity index is 1010. The van der Waals surface area contributed by atoms with E-state index >= 15 is 0 Å². The standard InChI is InChI=1S/C24H29ClN4O3S/c1-3-6-23(31)29-13-11-28(12-14-29)20-10-9-18(15-19(20)25)26-24(33)27-22(30)16-32-21-8-5-4-7-17(21)2/h4-5,7-10,15H,3,6,11-14,16H2,1-2H3,(H2,26,27,30,33). The molecule has 1 aliphatic rings. The number of halogens is 1. The molecule has 0 bridgehead atoms. The Morgan fingerprint density at radius 1 is 1.12 bits per heavy atom. The van der Waals surface area contributed by atoms with Gasteiger partial charge in [0.15, 0.2) is 11.7 Å². The number of piperazine rings is 1. The highest BCUT2D eigenvalue weighted by Gasteiger charge is 2.22. The van der Waals surface area contributed by atoms with Crippen molar-refractivity contribution in [2.45, 2.75) is 26.7 Å². The maximum absolute atomic E-state index is 12.1. The average Bonchev–Trinajstić information content (AvgIpc) is 2.79. The van der Waals surface area contributed by atoms with Crippen LogP contribution in [0.25, 0.3) is 0 Å². The van der Waals surface area contributed by atoms with Gasteiger partial charge in [0, 0.05) is 38.3 Å². The number of nitrogens with zero attached hydrogens (tertiary/aromatic N) is 2. The molecule has 2 N–H and O–H groups in total. The van der Waals surface area contributed by atoms with E-state index in [1.807, 2.05) is 55.1 Å². The van der Waals surface area contributed by atoms with E-state index in [9.17, 15) is 9.59 Å². The van der Waals surface area contributed by atoms with Gasteiger partial charge >= 0.3 is 0 Å². The molecule has 0 spiro atoms. The minimum Gasteiger partial charge on any atom is -0.483 e. The number of para-hydroxylation sites is 1. The van der Waals surface area contributed by atoms with Crippen LogP contribution < -0.4 is 20.3 Å². The molecule has 1 saturated heterocycles. The van der Waals surface area contributed by atoms with E-state index in [-0.39, 0.29) is 23.5 Å². The van der Waals surface area contributed by atoms with Crippen LogP contribution in [-0.2, 0) is 9.59 Å². The minimum atomic E-state index is -0.353. The van der Waals surface area contributed by atoms with Gasteiger partial charge in [-0.25, -0.2) is 0 Å². The lowest BCUT2D eigenvalue weighted by atomic mass is 10.2. The van der Waals surface area contributed by atoms with Crippen LogP contribution in [0, 0.1) is 6.92 Å². The van der Waals surface area contributed by atoms with Gasteiger partial charge in [-0.05, 0) is 55.4 Å². The number of amides is 2. The van der Waals surface area contributed by atoms with Crippen molar-refractivity contribution in [2.24, 2.45) is 0 Å². The molecule has 0 aromatic heterocycles. The summed E-state index contributed by atoms with van der Waals surface area (Å²) in [6, 6.07) is 13.0. The van der Waals surface area contributed by atoms with Crippen LogP contribution >= 0.6 is 23.8 Å². The van der Waals surface area contributed by atoms with Gasteiger partial charge in [-0.2, -0.15) is 0 Å². The molecule has 1 aliphatic heterocycles. The van der Waals surface area contributed by atoms with Gasteiger partial charge in [-0.3, -0.25) is 14.9 Å². The molecule has 33 heavy (non-hydrogen) atoms. The molecular weight excluding hydrogens is 460 g/mol. The summed E-state index contributed by atoms with van der Waals surface area (Å²) in [6.45, 7) is 6.64. The van der Waals surface area contributed by atoms with Crippen LogP contribution in [0.2, 0.25) is 5.02 Å². The summed E-state index contributed by atoms with van der Waals surface area (Å²) in [5, 5.41) is 6.33. The Morgan fingerprint density at radius 3 is 2.52 bits per heavy atom. The zero-order valence-electron chi connectivity index (χ0n) is 18.9. The number of aryl methyl sites for hydroxylation is 1. The summed E-state index contributed by atoms with van der Waals surface area (Å²) >= 11 is 11.8. The predicted octanol–water partition coefficient (Wildman–Crippen LogP) is 3.99. The number of rotatable bonds is 7. The number of ether oxygens (including phenoxy) is 1. The molecule has 2 amide bonds. The van der Waals surface area contributed by atoms with E-state index < -0.39 is 0 Å². The smallest absolute Gasteiger partial charge is 0.264 e. The number of anilines is 2. The van der Waals surface area contributed by atoms with Crippen LogP contribution in [0.3, 0.4) is 0 Å². The van der Waals surface area contributed by atoms with Crippen molar-refractivity contribution < 1.29 is 14.3 Å². The molecule has 0 saturated carbocycles. The second kappa shape index (κ2) is 11.9. The van der Waals surface area contributed by atoms with Crippen molar-refractivity contribution in [3.05, 3.63) is 53.1 Å². The van der Waals surface area contributed by atoms with Crippen molar-refractivity contribution >= 4 is 52.1 Å². The SMILES string of the molecule is CCCC(=O)N1CCN(c2ccc(NC(=S)NC(=O)COc3ccccc3C)cc2Cl)CC1. The van der Waals surface area contributed by atoms with E-state index in [2.05, 4.69) is 15.5 Å². The molecule has 1 fully saturated rings. The Kier molecular flexibility index (Phi) is 8.91. The first-order chi connectivity index (χ1) is 15.9. The second-order valence-electron chi connectivity index (χ2n) is 7.84. The number of thiocarbonyl (C=S) groups is 1. The Morgan fingerprint density at radius 2 is 1.85 bits per heavy atom. The number of nitrogens with one attached hydrogen (secondary N) is 2. The summed E-state index contributed by atoms with van der Waals surface area (Å²) in [5.74, 6) is 0.515. The molecule has 176 valence electrons. The monoisotopic (exact) mass is 488 g/mol. The fourth-order valence-electron chi connectivity index (χ4n) is 3.60. The third-order valence-corrected chi connectivity index (χ3v) is 5.85. The number of carbonyl (C=O) groups is 2. The Balaban J connectivity index is 1.48. The molecule has 3 rings (SSSR count). The van der Waals surface area contributed by atoms with Crippen LogP contribution in [-0.4, -0.2) is 54.6 Å². The molecular formula is C24H29ClN4O3S. The Labute approximate surface area is 205 Å². The van der Waals surface area contributed by atoms with Crippen molar-refractivity contribution in [1.82, 2.24) is 10.2 Å². The molecule has 0 unspecified atom stereocenters. The zero-order valence-corrected chi connectivity index (χ0v) is 20.5. The van der Waals surface area contributed by atoms with Gasteiger partial charge in [-0.15, -0.1) is 0 Å². The van der Waals surface area contributed by atoms with E-state index in [1.165, 1.54) is 0 Å². The summed E-state index contributed by atoms with van der Waals surface area (Å²) < 4.78 is 5.54. The molecule has 7 nitrogen and oxygen atoms in total. The van der Waals surface area contributed by atoms with Gasteiger partial charge in [-0.1, -0.05) is 36.7 Å². The Hall–Kier alpha value is -2.84. The first-order valence-electron chi connectivity index (χ1n) is 11.0. The van der Waals surface area contributed by atoms with E-state index in [0.717, 1.165) is 30.8 Å². The number of hydrogen-bond acceptors (Lipinski definition) is 5. The highest BCUT2D eigenvalue weighted by molar-refractivity contribution is 7.80. The van der Waals surface area contributed by atoms with Gasteiger partial charge in [0.05, 0.1) is 10.7 Å². The number of carbonyl (C=O) groups excluding carboxylic acids is 2. The van der Waals surface area contributed by atoms with Gasteiger partial charge in [0.25, 0.3) is 5.91 Å². The summed E-state index contributed by atoms with van der Waals surface area (Å²) in [5.41, 5.74) is 2.53. The first kappa shape index (κ1) is 24.8. The van der Waals surface area contributed by atoms with E-state index in [0.29, 0.717) is 36.0 Å². The van der Waals surface area contributed by atoms with Crippen LogP contribution in [0.1, 0.15) is 25.3 Å². The lowest BCUT2D eigenvalue weighted by Gasteiger charge is -2.36. The molecule has 0 atom stereocenters. The van der Waals surface area contributed by atoms with Crippen molar-refractivity contribution in [2.75, 3.05) is 43.0 Å². The minimum absolute atomic E-state index is 0.140. The average molecular weight is 489 g/mol. The normalized spacial score (nSPS) is 13.4. The van der Waals surface area contributed by atoms with Gasteiger partial charge in [0.1, 0.15) is 5.75 Å². The third kappa shape index (κ3) is 7.07. The maximum atomic E-state index is 12.1. The largest absolute Gasteiger partial charge is 0.483 e. The summed E-state index contributed by atoms with van der Waals surface area (Å²) in [6.07, 6.45) is 1.46. The molecule has 2 aromatic rings. The number of hydrogen-bond donors (Lipinski definition) is 2. The zero-order chi connectivity index (χ0) is 23.8.